The van der Waals surface area contributed by atoms with E-state index in [0.29, 0.717) is 6.61 Å². The minimum atomic E-state index is -1.87. The van der Waals surface area contributed by atoms with Crippen LogP contribution in [0.5, 0.6) is 0 Å². The topological polar surface area (TPSA) is 46.2 Å². The monoisotopic (exact) mass is 416 g/mol. The molecule has 0 spiro atoms. The van der Waals surface area contributed by atoms with Crippen molar-refractivity contribution in [3.63, 3.8) is 0 Å². The first-order valence-corrected chi connectivity index (χ1v) is 13.9. The molecule has 0 amide bonds. The summed E-state index contributed by atoms with van der Waals surface area (Å²) in [5.41, 5.74) is 0. The van der Waals surface area contributed by atoms with Crippen molar-refractivity contribution in [3.05, 3.63) is 0 Å². The Bertz CT molecular complexity index is 512. The van der Waals surface area contributed by atoms with E-state index in [1.165, 1.54) is 12.8 Å². The van der Waals surface area contributed by atoms with Gasteiger partial charge in [0.1, 0.15) is 18.3 Å². The normalized spacial score (nSPS) is 32.8. The molecule has 0 aromatic carbocycles. The summed E-state index contributed by atoms with van der Waals surface area (Å²) in [4.78, 5) is 0. The average Bonchev–Trinajstić information content (AvgIpc) is 2.99. The maximum Gasteiger partial charge on any atom is 0.192 e. The fourth-order valence-corrected chi connectivity index (χ4v) is 4.75. The molecule has 166 valence electrons. The van der Waals surface area contributed by atoms with E-state index < -0.39 is 19.9 Å². The number of hydrogen-bond acceptors (Lipinski definition) is 5. The predicted molar refractivity (Wildman–Crippen MR) is 115 cm³/mol. The van der Waals surface area contributed by atoms with E-state index in [2.05, 4.69) is 40.8 Å². The van der Waals surface area contributed by atoms with Crippen molar-refractivity contribution in [2.75, 3.05) is 6.61 Å². The number of ether oxygens (including phenoxy) is 4. The molecular formula is C22H44O5Si. The summed E-state index contributed by atoms with van der Waals surface area (Å²) in [6.45, 7) is 22.0. The molecule has 6 heteroatoms. The fraction of sp³-hybridized carbons (Fsp3) is 1.00. The lowest BCUT2D eigenvalue weighted by atomic mass is 9.99. The average molecular weight is 417 g/mol. The highest BCUT2D eigenvalue weighted by Crippen LogP contribution is 2.41. The predicted octanol–water partition coefficient (Wildman–Crippen LogP) is 5.63. The van der Waals surface area contributed by atoms with Crippen molar-refractivity contribution in [2.24, 2.45) is 0 Å². The van der Waals surface area contributed by atoms with Crippen LogP contribution in [-0.4, -0.2) is 50.9 Å². The van der Waals surface area contributed by atoms with E-state index in [4.69, 9.17) is 23.4 Å². The van der Waals surface area contributed by atoms with Gasteiger partial charge in [-0.3, -0.25) is 0 Å². The highest BCUT2D eigenvalue weighted by atomic mass is 28.4. The summed E-state index contributed by atoms with van der Waals surface area (Å²) >= 11 is 0. The molecule has 2 saturated heterocycles. The van der Waals surface area contributed by atoms with E-state index >= 15 is 0 Å². The molecule has 2 aliphatic rings. The molecule has 2 rings (SSSR count). The molecule has 0 aromatic rings. The van der Waals surface area contributed by atoms with Gasteiger partial charge in [0.25, 0.3) is 0 Å². The third-order valence-corrected chi connectivity index (χ3v) is 10.8. The molecule has 4 atom stereocenters. The van der Waals surface area contributed by atoms with Crippen molar-refractivity contribution in [1.82, 2.24) is 0 Å². The van der Waals surface area contributed by atoms with Crippen LogP contribution >= 0.6 is 0 Å². The van der Waals surface area contributed by atoms with Gasteiger partial charge >= 0.3 is 0 Å². The molecule has 0 radical (unpaired) electrons. The molecule has 28 heavy (non-hydrogen) atoms. The minimum absolute atomic E-state index is 0.0272. The summed E-state index contributed by atoms with van der Waals surface area (Å²) in [7, 11) is -1.87. The molecule has 0 saturated carbocycles. The lowest BCUT2D eigenvalue weighted by molar-refractivity contribution is -0.175. The first-order chi connectivity index (χ1) is 12.7. The van der Waals surface area contributed by atoms with Gasteiger partial charge in [-0.2, -0.15) is 0 Å². The zero-order valence-electron chi connectivity index (χ0n) is 19.9. The fourth-order valence-electron chi connectivity index (χ4n) is 3.74. The van der Waals surface area contributed by atoms with Crippen molar-refractivity contribution in [1.29, 1.82) is 0 Å². The Hall–Kier alpha value is 0.0169. The largest absolute Gasteiger partial charge is 0.414 e. The smallest absolute Gasteiger partial charge is 0.192 e. The van der Waals surface area contributed by atoms with Gasteiger partial charge < -0.3 is 23.4 Å². The van der Waals surface area contributed by atoms with Crippen LogP contribution in [0, 0.1) is 0 Å². The highest BCUT2D eigenvalue weighted by Gasteiger charge is 2.54. The van der Waals surface area contributed by atoms with Gasteiger partial charge in [-0.25, -0.2) is 0 Å². The minimum Gasteiger partial charge on any atom is -0.414 e. The number of rotatable bonds is 8. The molecule has 0 aliphatic carbocycles. The number of unbranched alkanes of at least 4 members (excludes halogenated alkanes) is 2. The standard InChI is InChI=1S/C22H44O5Si/c1-11-12-13-14-16-18(26-21(5,6)24-16)19-17(25-22(7,8)27-19)15-23-28(9,10)20(2,3)4/h16-19H,11-15H2,1-10H3/t16-,17+,18+,19-/m0/s1. The zero-order valence-corrected chi connectivity index (χ0v) is 20.9. The van der Waals surface area contributed by atoms with E-state index in [0.717, 1.165) is 12.8 Å². The SMILES string of the molecule is CCCCC[C@@H]1OC(C)(C)O[C@H]1[C@H]1OC(C)(C)O[C@@H]1CO[Si](C)(C)C(C)(C)C. The summed E-state index contributed by atoms with van der Waals surface area (Å²) in [5.74, 6) is -1.24. The van der Waals surface area contributed by atoms with Gasteiger partial charge in [0, 0.05) is 0 Å². The van der Waals surface area contributed by atoms with Crippen LogP contribution < -0.4 is 0 Å². The van der Waals surface area contributed by atoms with Crippen LogP contribution in [0.3, 0.4) is 0 Å². The first kappa shape index (κ1) is 24.3. The first-order valence-electron chi connectivity index (χ1n) is 11.0. The van der Waals surface area contributed by atoms with Gasteiger partial charge in [0.2, 0.25) is 0 Å². The van der Waals surface area contributed by atoms with Crippen LogP contribution in [-0.2, 0) is 23.4 Å². The molecule has 2 heterocycles. The van der Waals surface area contributed by atoms with Crippen LogP contribution in [0.1, 0.15) is 81.1 Å². The number of hydrogen-bond donors (Lipinski definition) is 0. The summed E-state index contributed by atoms with van der Waals surface area (Å²) in [6.07, 6.45) is 4.07. The second-order valence-corrected chi connectivity index (χ2v) is 15.7. The van der Waals surface area contributed by atoms with E-state index in [1.807, 2.05) is 27.7 Å². The molecule has 2 aliphatic heterocycles. The third kappa shape index (κ3) is 6.02. The lowest BCUT2D eigenvalue weighted by Crippen LogP contribution is -2.47. The Morgan fingerprint density at radius 1 is 0.821 bits per heavy atom. The van der Waals surface area contributed by atoms with Crippen molar-refractivity contribution >= 4 is 8.32 Å². The molecule has 0 bridgehead atoms. The van der Waals surface area contributed by atoms with Crippen molar-refractivity contribution < 1.29 is 23.4 Å². The van der Waals surface area contributed by atoms with Crippen molar-refractivity contribution in [3.8, 4) is 0 Å². The maximum atomic E-state index is 6.48. The third-order valence-electron chi connectivity index (χ3n) is 6.27. The van der Waals surface area contributed by atoms with Gasteiger partial charge in [-0.05, 0) is 52.2 Å². The van der Waals surface area contributed by atoms with Gasteiger partial charge in [0.05, 0.1) is 12.7 Å². The Morgan fingerprint density at radius 3 is 1.82 bits per heavy atom. The molecule has 5 nitrogen and oxygen atoms in total. The Kier molecular flexibility index (Phi) is 7.49. The molecular weight excluding hydrogens is 372 g/mol. The van der Waals surface area contributed by atoms with E-state index in [-0.39, 0.29) is 29.5 Å². The quantitative estimate of drug-likeness (QED) is 0.379. The molecule has 0 aromatic heterocycles. The van der Waals surface area contributed by atoms with Gasteiger partial charge in [-0.15, -0.1) is 0 Å². The maximum absolute atomic E-state index is 6.48. The second kappa shape index (κ2) is 8.64. The molecule has 0 N–H and O–H groups in total. The lowest BCUT2D eigenvalue weighted by Gasteiger charge is -2.37. The van der Waals surface area contributed by atoms with E-state index in [1.54, 1.807) is 0 Å². The van der Waals surface area contributed by atoms with Crippen LogP contribution in [0.15, 0.2) is 0 Å². The zero-order chi connectivity index (χ0) is 21.4. The van der Waals surface area contributed by atoms with Crippen LogP contribution in [0.2, 0.25) is 18.1 Å². The molecule has 2 fully saturated rings. The van der Waals surface area contributed by atoms with Gasteiger partial charge in [0.15, 0.2) is 19.9 Å². The van der Waals surface area contributed by atoms with Crippen LogP contribution in [0.4, 0.5) is 0 Å². The van der Waals surface area contributed by atoms with Crippen LogP contribution in [0.25, 0.3) is 0 Å². The van der Waals surface area contributed by atoms with E-state index in [9.17, 15) is 0 Å². The molecule has 0 unspecified atom stereocenters. The summed E-state index contributed by atoms with van der Waals surface area (Å²) in [6, 6.07) is 0. The Balaban J connectivity index is 2.12. The van der Waals surface area contributed by atoms with Gasteiger partial charge in [-0.1, -0.05) is 47.0 Å². The second-order valence-electron chi connectivity index (χ2n) is 10.8. The summed E-state index contributed by atoms with van der Waals surface area (Å²) < 4.78 is 31.7. The van der Waals surface area contributed by atoms with Crippen molar-refractivity contribution in [2.45, 2.75) is 135 Å². The highest BCUT2D eigenvalue weighted by molar-refractivity contribution is 6.74. The Labute approximate surface area is 173 Å². The summed E-state index contributed by atoms with van der Waals surface area (Å²) in [5, 5.41) is 0.162. The Morgan fingerprint density at radius 2 is 1.32 bits per heavy atom.